The third-order valence-electron chi connectivity index (χ3n) is 10.6. The van der Waals surface area contributed by atoms with Crippen molar-refractivity contribution in [1.29, 1.82) is 0 Å². The first kappa shape index (κ1) is 37.6. The lowest BCUT2D eigenvalue weighted by atomic mass is 10.4. The van der Waals surface area contributed by atoms with Gasteiger partial charge in [-0.05, 0) is 36.3 Å². The molecule has 0 N–H and O–H groups in total. The molecule has 0 aromatic heterocycles. The molecule has 3 nitrogen and oxygen atoms in total. The summed E-state index contributed by atoms with van der Waals surface area (Å²) in [7, 11) is -4.31. The van der Waals surface area contributed by atoms with E-state index in [9.17, 15) is 0 Å². The molecule has 0 bridgehead atoms. The van der Waals surface area contributed by atoms with Gasteiger partial charge in [-0.2, -0.15) is 0 Å². The van der Waals surface area contributed by atoms with Crippen LogP contribution in [-0.4, -0.2) is 77.7 Å². The summed E-state index contributed by atoms with van der Waals surface area (Å²) in [6.45, 7) is 31.0. The van der Waals surface area contributed by atoms with E-state index in [1.54, 1.807) is 0 Å². The maximum absolute atomic E-state index is 3.17. The van der Waals surface area contributed by atoms with Crippen LogP contribution in [0.2, 0.25) is 55.9 Å². The molecule has 0 atom stereocenters. The van der Waals surface area contributed by atoms with Crippen LogP contribution in [-0.2, 0) is 0 Å². The maximum atomic E-state index is 3.17. The van der Waals surface area contributed by atoms with Crippen LogP contribution >= 0.6 is 0 Å². The normalized spacial score (nSPS) is 17.8. The lowest BCUT2D eigenvalue weighted by molar-refractivity contribution is 0.356. The quantitative estimate of drug-likeness (QED) is 0.122. The molecule has 1 aliphatic heterocycles. The number of nitrogens with zero attached hydrogens (tertiary/aromatic N) is 3. The van der Waals surface area contributed by atoms with Crippen molar-refractivity contribution in [3.8, 4) is 0 Å². The molecule has 0 aromatic rings. The van der Waals surface area contributed by atoms with Crippen molar-refractivity contribution in [2.45, 2.75) is 174 Å². The standard InChI is InChI=1S/C33H75N3Si3/c1-10-16-28-37(7,29-17-11-2)34-22-24-35(38(8,30-18-12-3)31-19-13-4)26-27-36(25-23-34)39(9,32-20-14-5)33-21-15-6/h10-33H2,1-9H3. The summed E-state index contributed by atoms with van der Waals surface area (Å²) in [6, 6.07) is 9.11. The Hall–Kier alpha value is 0.531. The van der Waals surface area contributed by atoms with Gasteiger partial charge in [0.05, 0.1) is 0 Å². The molecule has 1 rings (SSSR count). The first-order valence-electron chi connectivity index (χ1n) is 17.9. The van der Waals surface area contributed by atoms with Gasteiger partial charge in [-0.15, -0.1) is 0 Å². The van der Waals surface area contributed by atoms with Crippen LogP contribution in [0.15, 0.2) is 0 Å². The van der Waals surface area contributed by atoms with Gasteiger partial charge in [0.25, 0.3) is 0 Å². The van der Waals surface area contributed by atoms with Crippen molar-refractivity contribution in [2.24, 2.45) is 0 Å². The van der Waals surface area contributed by atoms with Gasteiger partial charge >= 0.3 is 0 Å². The van der Waals surface area contributed by atoms with Gasteiger partial charge in [0.1, 0.15) is 24.7 Å². The Morgan fingerprint density at radius 2 is 0.487 bits per heavy atom. The summed E-state index contributed by atoms with van der Waals surface area (Å²) in [5, 5.41) is 0. The molecular weight excluding hydrogens is 523 g/mol. The van der Waals surface area contributed by atoms with Gasteiger partial charge in [-0.25, -0.2) is 0 Å². The van der Waals surface area contributed by atoms with Crippen LogP contribution in [0.4, 0.5) is 0 Å². The van der Waals surface area contributed by atoms with E-state index in [1.807, 2.05) is 0 Å². The Balaban J connectivity index is 3.44. The SMILES string of the molecule is CCCC[Si](C)(CCCC)N1CCN([Si](C)(CCCC)CCCC)CCN([Si](C)(CCCC)CCCC)CC1. The third kappa shape index (κ3) is 12.7. The van der Waals surface area contributed by atoms with Crippen molar-refractivity contribution in [1.82, 2.24) is 13.7 Å². The Morgan fingerprint density at radius 1 is 0.333 bits per heavy atom. The summed E-state index contributed by atoms with van der Waals surface area (Å²) >= 11 is 0. The Morgan fingerprint density at radius 3 is 0.615 bits per heavy atom. The largest absolute Gasteiger partial charge is 0.321 e. The molecule has 0 amide bonds. The van der Waals surface area contributed by atoms with Crippen molar-refractivity contribution in [3.63, 3.8) is 0 Å². The zero-order chi connectivity index (χ0) is 29.2. The highest BCUT2D eigenvalue weighted by molar-refractivity contribution is 6.77. The topological polar surface area (TPSA) is 9.72 Å². The lowest BCUT2D eigenvalue weighted by Gasteiger charge is -2.44. The second-order valence-electron chi connectivity index (χ2n) is 14.1. The highest BCUT2D eigenvalue weighted by Gasteiger charge is 2.40. The van der Waals surface area contributed by atoms with E-state index in [-0.39, 0.29) is 0 Å². The first-order chi connectivity index (χ1) is 18.7. The van der Waals surface area contributed by atoms with Crippen LogP contribution < -0.4 is 0 Å². The molecule has 0 aromatic carbocycles. The number of hydrogen-bond donors (Lipinski definition) is 0. The van der Waals surface area contributed by atoms with Gasteiger partial charge in [0, 0.05) is 39.3 Å². The fourth-order valence-corrected chi connectivity index (χ4v) is 20.5. The number of rotatable bonds is 21. The molecule has 0 unspecified atom stereocenters. The van der Waals surface area contributed by atoms with E-state index in [0.29, 0.717) is 0 Å². The zero-order valence-electron chi connectivity index (χ0n) is 28.8. The number of unbranched alkanes of at least 4 members (excludes halogenated alkanes) is 6. The molecule has 1 fully saturated rings. The zero-order valence-corrected chi connectivity index (χ0v) is 31.8. The highest BCUT2D eigenvalue weighted by Crippen LogP contribution is 2.32. The fraction of sp³-hybridized carbons (Fsp3) is 1.00. The average molecular weight is 598 g/mol. The van der Waals surface area contributed by atoms with Gasteiger partial charge < -0.3 is 13.7 Å². The Labute approximate surface area is 251 Å². The molecule has 0 saturated carbocycles. The van der Waals surface area contributed by atoms with E-state index < -0.39 is 24.7 Å². The molecule has 0 radical (unpaired) electrons. The molecule has 0 aliphatic carbocycles. The van der Waals surface area contributed by atoms with E-state index in [4.69, 9.17) is 0 Å². The van der Waals surface area contributed by atoms with Crippen molar-refractivity contribution in [2.75, 3.05) is 39.3 Å². The van der Waals surface area contributed by atoms with Gasteiger partial charge in [-0.1, -0.05) is 138 Å². The Bertz CT molecular complexity index is 486. The van der Waals surface area contributed by atoms with Gasteiger partial charge in [0.2, 0.25) is 0 Å². The third-order valence-corrected chi connectivity index (χ3v) is 25.1. The van der Waals surface area contributed by atoms with E-state index >= 15 is 0 Å². The number of hydrogen-bond acceptors (Lipinski definition) is 3. The molecule has 39 heavy (non-hydrogen) atoms. The molecule has 6 heteroatoms. The van der Waals surface area contributed by atoms with Crippen molar-refractivity contribution >= 4 is 24.7 Å². The summed E-state index contributed by atoms with van der Waals surface area (Å²) in [6.07, 6.45) is 16.8. The summed E-state index contributed by atoms with van der Waals surface area (Å²) in [5.41, 5.74) is 0. The predicted molar refractivity (Wildman–Crippen MR) is 188 cm³/mol. The summed E-state index contributed by atoms with van der Waals surface area (Å²) < 4.78 is 9.52. The van der Waals surface area contributed by atoms with E-state index in [0.717, 1.165) is 0 Å². The monoisotopic (exact) mass is 598 g/mol. The summed E-state index contributed by atoms with van der Waals surface area (Å²) in [4.78, 5) is 0. The van der Waals surface area contributed by atoms with Crippen molar-refractivity contribution in [3.05, 3.63) is 0 Å². The molecule has 1 aliphatic rings. The average Bonchev–Trinajstić information content (AvgIpc) is 3.06. The van der Waals surface area contributed by atoms with E-state index in [1.165, 1.54) is 153 Å². The fourth-order valence-electron chi connectivity index (χ4n) is 7.35. The second kappa shape index (κ2) is 20.4. The van der Waals surface area contributed by atoms with Crippen LogP contribution in [0, 0.1) is 0 Å². The van der Waals surface area contributed by atoms with Crippen molar-refractivity contribution < 1.29 is 0 Å². The maximum Gasteiger partial charge on any atom is 0.125 e. The highest BCUT2D eigenvalue weighted by atomic mass is 28.3. The molecule has 1 heterocycles. The Kier molecular flexibility index (Phi) is 19.7. The minimum absolute atomic E-state index is 1.35. The van der Waals surface area contributed by atoms with Gasteiger partial charge in [0.15, 0.2) is 0 Å². The minimum atomic E-state index is -1.44. The first-order valence-corrected chi connectivity index (χ1v) is 26.5. The van der Waals surface area contributed by atoms with Crippen LogP contribution in [0.5, 0.6) is 0 Å². The lowest BCUT2D eigenvalue weighted by Crippen LogP contribution is -2.57. The smallest absolute Gasteiger partial charge is 0.125 e. The van der Waals surface area contributed by atoms with E-state index in [2.05, 4.69) is 74.9 Å². The second-order valence-corrected chi connectivity index (χ2v) is 28.0. The molecular formula is C33H75N3Si3. The van der Waals surface area contributed by atoms with Crippen LogP contribution in [0.1, 0.15) is 119 Å². The van der Waals surface area contributed by atoms with Crippen LogP contribution in [0.3, 0.4) is 0 Å². The van der Waals surface area contributed by atoms with Gasteiger partial charge in [-0.3, -0.25) is 0 Å². The predicted octanol–water partition coefficient (Wildman–Crippen LogP) is 10.4. The van der Waals surface area contributed by atoms with Crippen LogP contribution in [0.25, 0.3) is 0 Å². The minimum Gasteiger partial charge on any atom is -0.321 e. The summed E-state index contributed by atoms with van der Waals surface area (Å²) in [5.74, 6) is 0. The molecule has 234 valence electrons. The molecule has 0 spiro atoms. The molecule has 1 saturated heterocycles.